The maximum absolute atomic E-state index is 13.1. The van der Waals surface area contributed by atoms with E-state index in [1.165, 1.54) is 6.92 Å². The van der Waals surface area contributed by atoms with E-state index in [2.05, 4.69) is 4.74 Å². The second kappa shape index (κ2) is 4.83. The molecule has 1 rings (SSSR count). The van der Waals surface area contributed by atoms with Gasteiger partial charge in [-0.3, -0.25) is 10.5 Å². The molecule has 0 spiro atoms. The zero-order valence-corrected chi connectivity index (χ0v) is 10.6. The zero-order valence-electron chi connectivity index (χ0n) is 10.6. The van der Waals surface area contributed by atoms with Gasteiger partial charge in [-0.05, 0) is 13.8 Å². The van der Waals surface area contributed by atoms with Crippen molar-refractivity contribution in [3.63, 3.8) is 0 Å². The lowest BCUT2D eigenvalue weighted by Crippen LogP contribution is -2.58. The Kier molecular flexibility index (Phi) is 4.01. The molecule has 0 saturated carbocycles. The molecule has 1 saturated heterocycles. The molecule has 0 aromatic carbocycles. The SMILES string of the molecule is C[C@H]1CC(F)(F)CN1C(=O)[C@](C)(N)OC(=O)C(F)(F)F. The summed E-state index contributed by atoms with van der Waals surface area (Å²) >= 11 is 0. The molecule has 2 atom stereocenters. The Labute approximate surface area is 110 Å². The molecule has 0 aliphatic carbocycles. The van der Waals surface area contributed by atoms with Crippen LogP contribution in [0.5, 0.6) is 0 Å². The van der Waals surface area contributed by atoms with E-state index in [-0.39, 0.29) is 0 Å². The van der Waals surface area contributed by atoms with Crippen LogP contribution in [0.2, 0.25) is 0 Å². The van der Waals surface area contributed by atoms with Crippen molar-refractivity contribution < 1.29 is 36.3 Å². The lowest BCUT2D eigenvalue weighted by Gasteiger charge is -2.30. The zero-order chi connectivity index (χ0) is 15.9. The van der Waals surface area contributed by atoms with Crippen LogP contribution in [0.1, 0.15) is 20.3 Å². The van der Waals surface area contributed by atoms with Crippen molar-refractivity contribution in [2.75, 3.05) is 6.54 Å². The predicted octanol–water partition coefficient (Wildman–Crippen LogP) is 1.02. The molecule has 1 fully saturated rings. The number of amides is 1. The minimum absolute atomic E-state index is 0.601. The van der Waals surface area contributed by atoms with Crippen LogP contribution in [0.25, 0.3) is 0 Å². The number of nitrogens with two attached hydrogens (primary N) is 1. The molecule has 0 aromatic heterocycles. The fourth-order valence-corrected chi connectivity index (χ4v) is 1.86. The summed E-state index contributed by atoms with van der Waals surface area (Å²) in [5.41, 5.74) is 2.54. The Bertz CT molecular complexity index is 422. The fourth-order valence-electron chi connectivity index (χ4n) is 1.86. The Balaban J connectivity index is 2.83. The van der Waals surface area contributed by atoms with E-state index in [9.17, 15) is 31.5 Å². The Hall–Kier alpha value is -1.45. The van der Waals surface area contributed by atoms with Crippen LogP contribution in [-0.4, -0.2) is 47.2 Å². The standard InChI is InChI=1S/C10H13F5N2O3/c1-5-3-9(11,12)4-17(5)6(18)8(2,16)20-7(19)10(13,14)15/h5H,3-4,16H2,1-2H3/t5-,8+/m0/s1. The maximum Gasteiger partial charge on any atom is 0.491 e. The van der Waals surface area contributed by atoms with E-state index in [1.54, 1.807) is 0 Å². The summed E-state index contributed by atoms with van der Waals surface area (Å²) in [5.74, 6) is -7.12. The van der Waals surface area contributed by atoms with Crippen LogP contribution in [0.15, 0.2) is 0 Å². The Morgan fingerprint density at radius 2 is 1.85 bits per heavy atom. The number of carbonyl (C=O) groups is 2. The van der Waals surface area contributed by atoms with Crippen molar-refractivity contribution >= 4 is 11.9 Å². The third-order valence-electron chi connectivity index (χ3n) is 2.75. The number of ether oxygens (including phenoxy) is 1. The predicted molar refractivity (Wildman–Crippen MR) is 55.5 cm³/mol. The van der Waals surface area contributed by atoms with Gasteiger partial charge >= 0.3 is 12.1 Å². The van der Waals surface area contributed by atoms with E-state index in [0.717, 1.165) is 0 Å². The molecular formula is C10H13F5N2O3. The third-order valence-corrected chi connectivity index (χ3v) is 2.75. The van der Waals surface area contributed by atoms with Gasteiger partial charge in [0.15, 0.2) is 0 Å². The first kappa shape index (κ1) is 16.6. The van der Waals surface area contributed by atoms with Crippen LogP contribution in [0.3, 0.4) is 0 Å². The molecule has 0 bridgehead atoms. The van der Waals surface area contributed by atoms with Crippen molar-refractivity contribution in [1.82, 2.24) is 4.90 Å². The van der Waals surface area contributed by atoms with Crippen LogP contribution < -0.4 is 5.73 Å². The Morgan fingerprint density at radius 1 is 1.35 bits per heavy atom. The number of halogens is 5. The summed E-state index contributed by atoms with van der Waals surface area (Å²) in [6, 6.07) is -0.926. The Morgan fingerprint density at radius 3 is 2.20 bits per heavy atom. The molecule has 1 heterocycles. The number of likely N-dealkylation sites (tertiary alicyclic amines) is 1. The maximum atomic E-state index is 13.1. The molecule has 2 N–H and O–H groups in total. The molecule has 116 valence electrons. The van der Waals surface area contributed by atoms with Gasteiger partial charge in [0.05, 0.1) is 6.54 Å². The lowest BCUT2D eigenvalue weighted by molar-refractivity contribution is -0.214. The summed E-state index contributed by atoms with van der Waals surface area (Å²) in [6.45, 7) is 1.02. The lowest BCUT2D eigenvalue weighted by atomic mass is 10.2. The quantitative estimate of drug-likeness (QED) is 0.470. The minimum Gasteiger partial charge on any atom is -0.428 e. The minimum atomic E-state index is -5.33. The number of carbonyl (C=O) groups excluding carboxylic acids is 2. The molecule has 1 amide bonds. The average molecular weight is 304 g/mol. The molecule has 0 radical (unpaired) electrons. The number of alkyl halides is 5. The van der Waals surface area contributed by atoms with Gasteiger partial charge in [-0.25, -0.2) is 13.6 Å². The third kappa shape index (κ3) is 3.56. The molecule has 0 aromatic rings. The summed E-state index contributed by atoms with van der Waals surface area (Å²) in [5, 5.41) is 0. The summed E-state index contributed by atoms with van der Waals surface area (Å²) in [4.78, 5) is 23.1. The average Bonchev–Trinajstić information content (AvgIpc) is 2.48. The van der Waals surface area contributed by atoms with Gasteiger partial charge in [0.2, 0.25) is 5.72 Å². The number of rotatable bonds is 2. The van der Waals surface area contributed by atoms with E-state index in [4.69, 9.17) is 5.73 Å². The highest BCUT2D eigenvalue weighted by Gasteiger charge is 2.52. The van der Waals surface area contributed by atoms with Gasteiger partial charge in [-0.15, -0.1) is 0 Å². The highest BCUT2D eigenvalue weighted by atomic mass is 19.4. The molecule has 0 unspecified atom stereocenters. The van der Waals surface area contributed by atoms with Crippen LogP contribution in [0, 0.1) is 0 Å². The highest BCUT2D eigenvalue weighted by Crippen LogP contribution is 2.33. The molecule has 1 aliphatic rings. The number of esters is 1. The molecule has 10 heteroatoms. The van der Waals surface area contributed by atoms with Crippen molar-refractivity contribution in [3.8, 4) is 0 Å². The second-order valence-corrected chi connectivity index (χ2v) is 4.84. The summed E-state index contributed by atoms with van der Waals surface area (Å²) < 4.78 is 66.3. The molecule has 1 aliphatic heterocycles. The first-order valence-corrected chi connectivity index (χ1v) is 5.54. The molecule has 20 heavy (non-hydrogen) atoms. The normalized spacial score (nSPS) is 25.2. The topological polar surface area (TPSA) is 72.6 Å². The van der Waals surface area contributed by atoms with Gasteiger partial charge in [0.1, 0.15) is 0 Å². The summed E-state index contributed by atoms with van der Waals surface area (Å²) in [7, 11) is 0. The van der Waals surface area contributed by atoms with Crippen molar-refractivity contribution in [3.05, 3.63) is 0 Å². The van der Waals surface area contributed by atoms with Crippen molar-refractivity contribution in [2.24, 2.45) is 5.73 Å². The van der Waals surface area contributed by atoms with E-state index < -0.39 is 48.7 Å². The number of hydrogen-bond acceptors (Lipinski definition) is 4. The van der Waals surface area contributed by atoms with E-state index >= 15 is 0 Å². The van der Waals surface area contributed by atoms with Gasteiger partial charge in [0, 0.05) is 12.5 Å². The first-order valence-electron chi connectivity index (χ1n) is 5.54. The first-order chi connectivity index (χ1) is 8.76. The van der Waals surface area contributed by atoms with Gasteiger partial charge in [0.25, 0.3) is 11.8 Å². The van der Waals surface area contributed by atoms with E-state index in [0.29, 0.717) is 11.8 Å². The smallest absolute Gasteiger partial charge is 0.428 e. The monoisotopic (exact) mass is 304 g/mol. The summed E-state index contributed by atoms with van der Waals surface area (Å²) in [6.07, 6.45) is -5.97. The van der Waals surface area contributed by atoms with Crippen LogP contribution in [0.4, 0.5) is 22.0 Å². The number of hydrogen-bond donors (Lipinski definition) is 1. The van der Waals surface area contributed by atoms with Crippen molar-refractivity contribution in [1.29, 1.82) is 0 Å². The largest absolute Gasteiger partial charge is 0.491 e. The van der Waals surface area contributed by atoms with E-state index in [1.807, 2.05) is 0 Å². The van der Waals surface area contributed by atoms with Gasteiger partial charge in [-0.1, -0.05) is 0 Å². The van der Waals surface area contributed by atoms with Crippen molar-refractivity contribution in [2.45, 2.75) is 44.1 Å². The van der Waals surface area contributed by atoms with Crippen LogP contribution in [-0.2, 0) is 14.3 Å². The van der Waals surface area contributed by atoms with Crippen LogP contribution >= 0.6 is 0 Å². The highest BCUT2D eigenvalue weighted by molar-refractivity contribution is 5.88. The molecule has 5 nitrogen and oxygen atoms in total. The van der Waals surface area contributed by atoms with Gasteiger partial charge in [-0.2, -0.15) is 13.2 Å². The fraction of sp³-hybridized carbons (Fsp3) is 0.800. The molecular weight excluding hydrogens is 291 g/mol. The second-order valence-electron chi connectivity index (χ2n) is 4.84. The van der Waals surface area contributed by atoms with Gasteiger partial charge < -0.3 is 9.64 Å². The number of nitrogens with zero attached hydrogens (tertiary/aromatic N) is 1.